The van der Waals surface area contributed by atoms with Gasteiger partial charge in [-0.25, -0.2) is 0 Å². The SMILES string of the molecule is CCOC1=C(Nc2ccc(C(=N)N)cc2)[CH]CC(OC2Cc3ccccc3C2)=C1. The van der Waals surface area contributed by atoms with Gasteiger partial charge in [-0.2, -0.15) is 0 Å². The highest BCUT2D eigenvalue weighted by molar-refractivity contribution is 5.95. The van der Waals surface area contributed by atoms with Crippen molar-refractivity contribution in [3.63, 3.8) is 0 Å². The van der Waals surface area contributed by atoms with E-state index in [1.165, 1.54) is 11.1 Å². The van der Waals surface area contributed by atoms with Crippen molar-refractivity contribution in [1.82, 2.24) is 0 Å². The van der Waals surface area contributed by atoms with Crippen molar-refractivity contribution in [3.05, 3.63) is 94.9 Å². The van der Waals surface area contributed by atoms with Gasteiger partial charge in [-0.05, 0) is 42.3 Å². The van der Waals surface area contributed by atoms with E-state index in [1.807, 2.05) is 37.3 Å². The molecule has 149 valence electrons. The molecule has 0 heterocycles. The molecule has 4 rings (SSSR count). The van der Waals surface area contributed by atoms with E-state index >= 15 is 0 Å². The Hall–Kier alpha value is -3.21. The first-order valence-electron chi connectivity index (χ1n) is 9.98. The topological polar surface area (TPSA) is 80.4 Å². The van der Waals surface area contributed by atoms with Crippen LogP contribution in [0.25, 0.3) is 0 Å². The first-order chi connectivity index (χ1) is 14.1. The lowest BCUT2D eigenvalue weighted by Gasteiger charge is -2.23. The van der Waals surface area contributed by atoms with Gasteiger partial charge >= 0.3 is 0 Å². The number of hydrogen-bond donors (Lipinski definition) is 3. The number of fused-ring (bicyclic) bond motifs is 1. The van der Waals surface area contributed by atoms with Gasteiger partial charge < -0.3 is 20.5 Å². The molecule has 2 aliphatic carbocycles. The minimum atomic E-state index is 0.0637. The Morgan fingerprint density at radius 3 is 2.41 bits per heavy atom. The molecule has 29 heavy (non-hydrogen) atoms. The van der Waals surface area contributed by atoms with Crippen LogP contribution in [0.1, 0.15) is 30.0 Å². The number of benzene rings is 2. The van der Waals surface area contributed by atoms with Crippen molar-refractivity contribution in [2.75, 3.05) is 11.9 Å². The van der Waals surface area contributed by atoms with Gasteiger partial charge in [0.2, 0.25) is 0 Å². The summed E-state index contributed by atoms with van der Waals surface area (Å²) in [6, 6.07) is 16.0. The molecule has 2 aliphatic rings. The number of nitrogens with one attached hydrogen (secondary N) is 2. The van der Waals surface area contributed by atoms with E-state index in [9.17, 15) is 0 Å². The molecule has 0 saturated heterocycles. The van der Waals surface area contributed by atoms with Crippen molar-refractivity contribution in [3.8, 4) is 0 Å². The summed E-state index contributed by atoms with van der Waals surface area (Å²) in [6.07, 6.45) is 6.91. The molecule has 2 aromatic carbocycles. The first-order valence-corrected chi connectivity index (χ1v) is 9.98. The smallest absolute Gasteiger partial charge is 0.142 e. The molecule has 4 N–H and O–H groups in total. The van der Waals surface area contributed by atoms with Crippen LogP contribution in [-0.2, 0) is 22.3 Å². The molecule has 0 amide bonds. The van der Waals surface area contributed by atoms with Gasteiger partial charge in [0.1, 0.15) is 23.5 Å². The lowest BCUT2D eigenvalue weighted by Crippen LogP contribution is -2.17. The summed E-state index contributed by atoms with van der Waals surface area (Å²) in [5.74, 6) is 1.78. The Morgan fingerprint density at radius 2 is 1.79 bits per heavy atom. The quantitative estimate of drug-likeness (QED) is 0.488. The average Bonchev–Trinajstić information content (AvgIpc) is 3.13. The standard InChI is InChI=1S/C24H26N3O2/c1-2-28-23-15-20(29-21-13-17-5-3-4-6-18(17)14-21)11-12-22(23)27-19-9-7-16(8-10-19)24(25)26/h3-10,12,15,21,27H,2,11,13-14H2,1H3,(H3,25,26). The lowest BCUT2D eigenvalue weighted by molar-refractivity contribution is 0.117. The van der Waals surface area contributed by atoms with Crippen molar-refractivity contribution in [2.45, 2.75) is 32.3 Å². The molecule has 0 aliphatic heterocycles. The van der Waals surface area contributed by atoms with Crippen LogP contribution in [0.5, 0.6) is 0 Å². The Morgan fingerprint density at radius 1 is 1.10 bits per heavy atom. The average molecular weight is 388 g/mol. The number of ether oxygens (including phenoxy) is 2. The van der Waals surface area contributed by atoms with Crippen LogP contribution in [0.3, 0.4) is 0 Å². The minimum Gasteiger partial charge on any atom is -0.494 e. The summed E-state index contributed by atoms with van der Waals surface area (Å²) in [5.41, 5.74) is 10.8. The van der Waals surface area contributed by atoms with Crippen molar-refractivity contribution in [2.24, 2.45) is 5.73 Å². The number of nitrogen functional groups attached to an aromatic ring is 1. The summed E-state index contributed by atoms with van der Waals surface area (Å²) < 4.78 is 12.2. The van der Waals surface area contributed by atoms with Gasteiger partial charge in [0.25, 0.3) is 0 Å². The molecule has 2 aromatic rings. The monoisotopic (exact) mass is 388 g/mol. The third-order valence-electron chi connectivity index (χ3n) is 5.17. The number of anilines is 1. The Bertz CT molecular complexity index is 935. The van der Waals surface area contributed by atoms with E-state index in [0.29, 0.717) is 12.2 Å². The van der Waals surface area contributed by atoms with Crippen molar-refractivity contribution >= 4 is 11.5 Å². The summed E-state index contributed by atoms with van der Waals surface area (Å²) in [5, 5.41) is 10.9. The molecule has 0 atom stereocenters. The molecule has 0 fully saturated rings. The van der Waals surface area contributed by atoms with E-state index in [0.717, 1.165) is 42.2 Å². The molecule has 0 aromatic heterocycles. The van der Waals surface area contributed by atoms with E-state index in [2.05, 4.69) is 36.0 Å². The Labute approximate surface area is 171 Å². The zero-order valence-electron chi connectivity index (χ0n) is 16.6. The third-order valence-corrected chi connectivity index (χ3v) is 5.17. The second-order valence-electron chi connectivity index (χ2n) is 7.26. The molecular formula is C24H26N3O2. The number of amidine groups is 1. The fourth-order valence-electron chi connectivity index (χ4n) is 3.76. The van der Waals surface area contributed by atoms with Gasteiger partial charge in [0.05, 0.1) is 12.3 Å². The highest BCUT2D eigenvalue weighted by atomic mass is 16.5. The molecular weight excluding hydrogens is 362 g/mol. The van der Waals surface area contributed by atoms with Gasteiger partial charge in [0, 0.05) is 43.0 Å². The van der Waals surface area contributed by atoms with Crippen LogP contribution in [-0.4, -0.2) is 18.5 Å². The van der Waals surface area contributed by atoms with Gasteiger partial charge in [-0.15, -0.1) is 0 Å². The van der Waals surface area contributed by atoms with Crippen LogP contribution < -0.4 is 11.1 Å². The van der Waals surface area contributed by atoms with Gasteiger partial charge in [-0.3, -0.25) is 5.41 Å². The van der Waals surface area contributed by atoms with Gasteiger partial charge in [0.15, 0.2) is 0 Å². The highest BCUT2D eigenvalue weighted by Gasteiger charge is 2.25. The van der Waals surface area contributed by atoms with E-state index < -0.39 is 0 Å². The second kappa shape index (κ2) is 8.43. The molecule has 0 spiro atoms. The summed E-state index contributed by atoms with van der Waals surface area (Å²) in [6.45, 7) is 2.55. The van der Waals surface area contributed by atoms with Crippen molar-refractivity contribution < 1.29 is 9.47 Å². The summed E-state index contributed by atoms with van der Waals surface area (Å²) >= 11 is 0. The van der Waals surface area contributed by atoms with Crippen LogP contribution in [0.4, 0.5) is 5.69 Å². The molecule has 0 saturated carbocycles. The molecule has 5 nitrogen and oxygen atoms in total. The van der Waals surface area contributed by atoms with Gasteiger partial charge in [-0.1, -0.05) is 24.3 Å². The van der Waals surface area contributed by atoms with Crippen molar-refractivity contribution in [1.29, 1.82) is 5.41 Å². The largest absolute Gasteiger partial charge is 0.494 e. The van der Waals surface area contributed by atoms with E-state index in [4.69, 9.17) is 20.6 Å². The molecule has 5 heteroatoms. The molecule has 1 radical (unpaired) electrons. The fraction of sp³-hybridized carbons (Fsp3) is 0.250. The normalized spacial score (nSPS) is 16.2. The fourth-order valence-corrected chi connectivity index (χ4v) is 3.76. The summed E-state index contributed by atoms with van der Waals surface area (Å²) in [4.78, 5) is 0. The van der Waals surface area contributed by atoms with E-state index in [1.54, 1.807) is 0 Å². The zero-order valence-corrected chi connectivity index (χ0v) is 16.6. The number of rotatable bonds is 7. The zero-order chi connectivity index (χ0) is 20.2. The first kappa shape index (κ1) is 19.1. The molecule has 0 bridgehead atoms. The highest BCUT2D eigenvalue weighted by Crippen LogP contribution is 2.30. The third kappa shape index (κ3) is 4.45. The van der Waals surface area contributed by atoms with Crippen LogP contribution in [0.15, 0.2) is 71.8 Å². The Kier molecular flexibility index (Phi) is 5.56. The predicted molar refractivity (Wildman–Crippen MR) is 115 cm³/mol. The predicted octanol–water partition coefficient (Wildman–Crippen LogP) is 4.31. The number of hydrogen-bond acceptors (Lipinski definition) is 4. The maximum atomic E-state index is 7.50. The second-order valence-corrected chi connectivity index (χ2v) is 7.26. The maximum Gasteiger partial charge on any atom is 0.142 e. The Balaban J connectivity index is 1.46. The van der Waals surface area contributed by atoms with E-state index in [-0.39, 0.29) is 11.9 Å². The number of nitrogens with two attached hydrogens (primary N) is 1. The maximum absolute atomic E-state index is 7.50. The minimum absolute atomic E-state index is 0.0637. The van der Waals surface area contributed by atoms with Crippen LogP contribution in [0, 0.1) is 11.8 Å². The van der Waals surface area contributed by atoms with Crippen LogP contribution in [0.2, 0.25) is 0 Å². The lowest BCUT2D eigenvalue weighted by atomic mass is 10.1. The summed E-state index contributed by atoms with van der Waals surface area (Å²) in [7, 11) is 0. The number of allylic oxidation sites excluding steroid dienone is 3. The van der Waals surface area contributed by atoms with Crippen LogP contribution >= 0.6 is 0 Å². The molecule has 0 unspecified atom stereocenters.